The van der Waals surface area contributed by atoms with Crippen LogP contribution < -0.4 is 19.7 Å². The smallest absolute Gasteiger partial charge is 0.335 e. The van der Waals surface area contributed by atoms with E-state index in [2.05, 4.69) is 5.32 Å². The molecule has 8 heteroatoms. The summed E-state index contributed by atoms with van der Waals surface area (Å²) in [6.45, 7) is 6.21. The average Bonchev–Trinajstić information content (AvgIpc) is 2.84. The molecule has 0 bridgehead atoms. The van der Waals surface area contributed by atoms with Crippen LogP contribution in [0.1, 0.15) is 29.2 Å². The monoisotopic (exact) mass is 504 g/mol. The highest BCUT2D eigenvalue weighted by Crippen LogP contribution is 2.31. The van der Waals surface area contributed by atoms with Gasteiger partial charge in [0.2, 0.25) is 0 Å². The summed E-state index contributed by atoms with van der Waals surface area (Å²) < 4.78 is 11.7. The van der Waals surface area contributed by atoms with E-state index in [4.69, 9.17) is 21.1 Å². The van der Waals surface area contributed by atoms with E-state index in [1.165, 1.54) is 6.08 Å². The Hall–Kier alpha value is -4.10. The summed E-state index contributed by atoms with van der Waals surface area (Å²) in [5.74, 6) is -0.474. The number of nitrogens with one attached hydrogen (secondary N) is 1. The number of carbonyl (C=O) groups excluding carboxylic acids is 3. The summed E-state index contributed by atoms with van der Waals surface area (Å²) in [6.07, 6.45) is 1.44. The van der Waals surface area contributed by atoms with Crippen LogP contribution in [0.3, 0.4) is 0 Å². The zero-order valence-electron chi connectivity index (χ0n) is 20.1. The Balaban J connectivity index is 1.63. The molecule has 4 amide bonds. The number of anilines is 1. The zero-order valence-corrected chi connectivity index (χ0v) is 20.9. The minimum atomic E-state index is -0.781. The Morgan fingerprint density at radius 3 is 2.39 bits per heavy atom. The summed E-state index contributed by atoms with van der Waals surface area (Å²) in [6, 6.07) is 17.1. The van der Waals surface area contributed by atoms with Gasteiger partial charge in [-0.05, 0) is 79.4 Å². The van der Waals surface area contributed by atoms with Gasteiger partial charge in [-0.1, -0.05) is 41.9 Å². The maximum atomic E-state index is 13.3. The second-order valence-corrected chi connectivity index (χ2v) is 8.74. The third-order valence-electron chi connectivity index (χ3n) is 5.59. The predicted octanol–water partition coefficient (Wildman–Crippen LogP) is 5.60. The Kier molecular flexibility index (Phi) is 7.41. The normalized spacial score (nSPS) is 14.7. The van der Waals surface area contributed by atoms with Gasteiger partial charge in [0.1, 0.15) is 12.2 Å². The van der Waals surface area contributed by atoms with Crippen LogP contribution >= 0.6 is 11.6 Å². The van der Waals surface area contributed by atoms with Crippen LogP contribution in [0, 0.1) is 13.8 Å². The van der Waals surface area contributed by atoms with Crippen molar-refractivity contribution in [2.24, 2.45) is 0 Å². The number of hydrogen-bond donors (Lipinski definition) is 1. The molecule has 1 aliphatic rings. The largest absolute Gasteiger partial charge is 0.490 e. The molecule has 0 radical (unpaired) electrons. The molecule has 0 aromatic heterocycles. The molecule has 0 atom stereocenters. The lowest BCUT2D eigenvalue weighted by Crippen LogP contribution is -2.54. The summed E-state index contributed by atoms with van der Waals surface area (Å²) in [7, 11) is 0. The first-order chi connectivity index (χ1) is 17.3. The Bertz CT molecular complexity index is 1360. The maximum Gasteiger partial charge on any atom is 0.335 e. The van der Waals surface area contributed by atoms with Crippen molar-refractivity contribution in [1.29, 1.82) is 0 Å². The first-order valence-corrected chi connectivity index (χ1v) is 11.8. The summed E-state index contributed by atoms with van der Waals surface area (Å²) in [5, 5.41) is 2.91. The van der Waals surface area contributed by atoms with E-state index in [0.29, 0.717) is 41.0 Å². The Labute approximate surface area is 214 Å². The maximum absolute atomic E-state index is 13.3. The van der Waals surface area contributed by atoms with Crippen LogP contribution in [0.2, 0.25) is 5.02 Å². The highest BCUT2D eigenvalue weighted by Gasteiger charge is 2.37. The first-order valence-electron chi connectivity index (χ1n) is 11.4. The van der Waals surface area contributed by atoms with Gasteiger partial charge in [0, 0.05) is 5.02 Å². The fourth-order valence-electron chi connectivity index (χ4n) is 3.75. The van der Waals surface area contributed by atoms with Crippen molar-refractivity contribution in [3.8, 4) is 11.5 Å². The van der Waals surface area contributed by atoms with Gasteiger partial charge in [0.25, 0.3) is 11.8 Å². The van der Waals surface area contributed by atoms with Crippen LogP contribution in [0.15, 0.2) is 66.2 Å². The molecule has 1 heterocycles. The molecule has 3 aromatic rings. The number of rotatable bonds is 7. The zero-order chi connectivity index (χ0) is 25.8. The number of hydrogen-bond acceptors (Lipinski definition) is 5. The van der Waals surface area contributed by atoms with Crippen molar-refractivity contribution < 1.29 is 23.9 Å². The standard InChI is InChI=1S/C28H25ClN2O5/c1-4-35-25-15-20(9-12-24(25)36-16-19-7-10-21(29)11-8-19)14-22-26(32)30-28(34)31(27(22)33)23-13-17(2)5-6-18(23)3/h5-15H,4,16H2,1-3H3,(H,30,32,34)/b22-14+. The van der Waals surface area contributed by atoms with Crippen molar-refractivity contribution in [2.75, 3.05) is 11.5 Å². The lowest BCUT2D eigenvalue weighted by atomic mass is 10.0. The lowest BCUT2D eigenvalue weighted by molar-refractivity contribution is -0.122. The fraction of sp³-hybridized carbons (Fsp3) is 0.179. The lowest BCUT2D eigenvalue weighted by Gasteiger charge is -2.27. The molecule has 4 rings (SSSR count). The van der Waals surface area contributed by atoms with Crippen LogP contribution in [0.4, 0.5) is 10.5 Å². The number of halogens is 1. The molecule has 1 N–H and O–H groups in total. The molecule has 36 heavy (non-hydrogen) atoms. The second kappa shape index (κ2) is 10.7. The van der Waals surface area contributed by atoms with Crippen molar-refractivity contribution in [3.63, 3.8) is 0 Å². The Morgan fingerprint density at radius 2 is 1.67 bits per heavy atom. The Morgan fingerprint density at radius 1 is 0.917 bits per heavy atom. The van der Waals surface area contributed by atoms with Gasteiger partial charge < -0.3 is 9.47 Å². The number of aryl methyl sites for hydroxylation is 2. The second-order valence-electron chi connectivity index (χ2n) is 8.30. The van der Waals surface area contributed by atoms with Gasteiger partial charge in [-0.2, -0.15) is 0 Å². The van der Waals surface area contributed by atoms with E-state index in [9.17, 15) is 14.4 Å². The highest BCUT2D eigenvalue weighted by molar-refractivity contribution is 6.39. The number of carbonyl (C=O) groups is 3. The molecular formula is C28H25ClN2O5. The molecule has 1 fully saturated rings. The van der Waals surface area contributed by atoms with Crippen molar-refractivity contribution in [1.82, 2.24) is 5.32 Å². The van der Waals surface area contributed by atoms with Crippen molar-refractivity contribution >= 4 is 41.2 Å². The van der Waals surface area contributed by atoms with Crippen LogP contribution in [-0.4, -0.2) is 24.5 Å². The molecule has 184 valence electrons. The molecule has 0 spiro atoms. The number of urea groups is 1. The van der Waals surface area contributed by atoms with Gasteiger partial charge in [-0.3, -0.25) is 14.9 Å². The van der Waals surface area contributed by atoms with E-state index < -0.39 is 17.8 Å². The molecule has 0 saturated carbocycles. The topological polar surface area (TPSA) is 84.9 Å². The number of barbiturate groups is 1. The first kappa shape index (κ1) is 25.0. The van der Waals surface area contributed by atoms with Gasteiger partial charge >= 0.3 is 6.03 Å². The third kappa shape index (κ3) is 5.42. The van der Waals surface area contributed by atoms with Gasteiger partial charge in [-0.15, -0.1) is 0 Å². The molecular weight excluding hydrogens is 480 g/mol. The van der Waals surface area contributed by atoms with Gasteiger partial charge in [0.15, 0.2) is 11.5 Å². The fourth-order valence-corrected chi connectivity index (χ4v) is 3.87. The molecule has 7 nitrogen and oxygen atoms in total. The molecule has 3 aromatic carbocycles. The van der Waals surface area contributed by atoms with Crippen molar-refractivity contribution in [3.05, 3.63) is 93.5 Å². The van der Waals surface area contributed by atoms with E-state index in [1.807, 2.05) is 38.1 Å². The van der Waals surface area contributed by atoms with E-state index >= 15 is 0 Å². The number of imide groups is 2. The minimum absolute atomic E-state index is 0.159. The van der Waals surface area contributed by atoms with E-state index in [1.54, 1.807) is 43.3 Å². The third-order valence-corrected chi connectivity index (χ3v) is 5.85. The van der Waals surface area contributed by atoms with E-state index in [0.717, 1.165) is 21.6 Å². The summed E-state index contributed by atoms with van der Waals surface area (Å²) in [4.78, 5) is 39.4. The highest BCUT2D eigenvalue weighted by atomic mass is 35.5. The van der Waals surface area contributed by atoms with Crippen LogP contribution in [0.5, 0.6) is 11.5 Å². The van der Waals surface area contributed by atoms with Crippen molar-refractivity contribution in [2.45, 2.75) is 27.4 Å². The molecule has 1 aliphatic heterocycles. The molecule has 1 saturated heterocycles. The summed E-state index contributed by atoms with van der Waals surface area (Å²) in [5.41, 5.74) is 3.37. The van der Waals surface area contributed by atoms with E-state index in [-0.39, 0.29) is 5.57 Å². The average molecular weight is 505 g/mol. The molecule has 0 unspecified atom stereocenters. The quantitative estimate of drug-likeness (QED) is 0.334. The van der Waals surface area contributed by atoms with Gasteiger partial charge in [0.05, 0.1) is 12.3 Å². The van der Waals surface area contributed by atoms with Gasteiger partial charge in [-0.25, -0.2) is 9.69 Å². The number of benzene rings is 3. The van der Waals surface area contributed by atoms with Crippen LogP contribution in [-0.2, 0) is 16.2 Å². The minimum Gasteiger partial charge on any atom is -0.490 e. The number of amides is 4. The number of ether oxygens (including phenoxy) is 2. The SMILES string of the molecule is CCOc1cc(/C=C2\C(=O)NC(=O)N(c3cc(C)ccc3C)C2=O)ccc1OCc1ccc(Cl)cc1. The predicted molar refractivity (Wildman–Crippen MR) is 138 cm³/mol. The van der Waals surface area contributed by atoms with Crippen LogP contribution in [0.25, 0.3) is 6.08 Å². The summed E-state index contributed by atoms with van der Waals surface area (Å²) >= 11 is 5.94. The number of nitrogens with zero attached hydrogens (tertiary/aromatic N) is 1. The molecule has 0 aliphatic carbocycles.